The van der Waals surface area contributed by atoms with Gasteiger partial charge in [-0.2, -0.15) is 0 Å². The van der Waals surface area contributed by atoms with Crippen LogP contribution in [0.3, 0.4) is 0 Å². The largest absolute Gasteiger partial charge is 0.317 e. The fourth-order valence-electron chi connectivity index (χ4n) is 1.05. The van der Waals surface area contributed by atoms with Crippen LogP contribution >= 0.6 is 0 Å². The molecule has 1 N–H and O–H groups in total. The summed E-state index contributed by atoms with van der Waals surface area (Å²) in [5.74, 6) is 0.309. The number of nitrogens with one attached hydrogen (secondary N) is 1. The van der Waals surface area contributed by atoms with Gasteiger partial charge in [0.25, 0.3) is 0 Å². The zero-order valence-electron chi connectivity index (χ0n) is 8.36. The fraction of sp³-hybridized carbons (Fsp3) is 0.900. The first-order valence-electron chi connectivity index (χ1n) is 4.97. The first-order chi connectivity index (χ1) is 5.77. The molecule has 12 heavy (non-hydrogen) atoms. The van der Waals surface area contributed by atoms with Crippen molar-refractivity contribution in [2.75, 3.05) is 13.1 Å². The summed E-state index contributed by atoms with van der Waals surface area (Å²) in [6.45, 7) is 6.03. The van der Waals surface area contributed by atoms with E-state index >= 15 is 0 Å². The molecule has 0 spiro atoms. The SMILES string of the molecule is CCCCNCCCCC(C)=O. The lowest BCUT2D eigenvalue weighted by Gasteiger charge is -2.01. The molecule has 2 nitrogen and oxygen atoms in total. The Balaban J connectivity index is 2.86. The maximum atomic E-state index is 10.6. The van der Waals surface area contributed by atoms with Crippen molar-refractivity contribution in [3.05, 3.63) is 0 Å². The Labute approximate surface area is 75.7 Å². The Morgan fingerprint density at radius 1 is 1.17 bits per heavy atom. The van der Waals surface area contributed by atoms with Gasteiger partial charge in [-0.25, -0.2) is 0 Å². The minimum atomic E-state index is 0.309. The molecule has 0 aliphatic heterocycles. The van der Waals surface area contributed by atoms with Crippen LogP contribution in [0.4, 0.5) is 0 Å². The number of carbonyl (C=O) groups excluding carboxylic acids is 1. The molecule has 0 rings (SSSR count). The number of Topliss-reactive ketones (excluding diaryl/α,β-unsaturated/α-hetero) is 1. The maximum Gasteiger partial charge on any atom is 0.129 e. The highest BCUT2D eigenvalue weighted by Crippen LogP contribution is 1.94. The van der Waals surface area contributed by atoms with Crippen molar-refractivity contribution in [1.82, 2.24) is 5.32 Å². The van der Waals surface area contributed by atoms with Crippen molar-refractivity contribution >= 4 is 5.78 Å². The van der Waals surface area contributed by atoms with Crippen LogP contribution in [0.5, 0.6) is 0 Å². The summed E-state index contributed by atoms with van der Waals surface area (Å²) in [5, 5.41) is 3.35. The fourth-order valence-corrected chi connectivity index (χ4v) is 1.05. The minimum Gasteiger partial charge on any atom is -0.317 e. The number of hydrogen-bond acceptors (Lipinski definition) is 2. The van der Waals surface area contributed by atoms with Crippen molar-refractivity contribution in [1.29, 1.82) is 0 Å². The van der Waals surface area contributed by atoms with Gasteiger partial charge in [-0.1, -0.05) is 13.3 Å². The van der Waals surface area contributed by atoms with Crippen LogP contribution in [-0.2, 0) is 4.79 Å². The van der Waals surface area contributed by atoms with Crippen LogP contribution in [0.15, 0.2) is 0 Å². The van der Waals surface area contributed by atoms with Gasteiger partial charge in [0.1, 0.15) is 5.78 Å². The summed E-state index contributed by atoms with van der Waals surface area (Å²) in [6, 6.07) is 0. The second-order valence-electron chi connectivity index (χ2n) is 3.26. The highest BCUT2D eigenvalue weighted by Gasteiger charge is 1.92. The molecule has 0 atom stereocenters. The predicted octanol–water partition coefficient (Wildman–Crippen LogP) is 2.14. The molecule has 72 valence electrons. The van der Waals surface area contributed by atoms with E-state index in [4.69, 9.17) is 0 Å². The van der Waals surface area contributed by atoms with Gasteiger partial charge < -0.3 is 10.1 Å². The smallest absolute Gasteiger partial charge is 0.129 e. The summed E-state index contributed by atoms with van der Waals surface area (Å²) in [7, 11) is 0. The number of hydrogen-bond donors (Lipinski definition) is 1. The van der Waals surface area contributed by atoms with Crippen LogP contribution in [0.2, 0.25) is 0 Å². The lowest BCUT2D eigenvalue weighted by Crippen LogP contribution is -2.16. The van der Waals surface area contributed by atoms with Gasteiger partial charge in [0.2, 0.25) is 0 Å². The molecular weight excluding hydrogens is 150 g/mol. The predicted molar refractivity (Wildman–Crippen MR) is 52.3 cm³/mol. The third kappa shape index (κ3) is 9.63. The van der Waals surface area contributed by atoms with Crippen molar-refractivity contribution in [3.8, 4) is 0 Å². The number of unbranched alkanes of at least 4 members (excludes halogenated alkanes) is 2. The molecule has 0 aromatic rings. The van der Waals surface area contributed by atoms with Crippen LogP contribution < -0.4 is 5.32 Å². The Morgan fingerprint density at radius 2 is 1.83 bits per heavy atom. The van der Waals surface area contributed by atoms with Gasteiger partial charge in [0.05, 0.1) is 0 Å². The van der Waals surface area contributed by atoms with E-state index in [9.17, 15) is 4.79 Å². The van der Waals surface area contributed by atoms with E-state index in [-0.39, 0.29) is 0 Å². The Bertz CT molecular complexity index is 112. The normalized spacial score (nSPS) is 10.2. The Morgan fingerprint density at radius 3 is 2.42 bits per heavy atom. The molecule has 0 bridgehead atoms. The molecule has 0 saturated heterocycles. The van der Waals surface area contributed by atoms with Crippen LogP contribution in [0, 0.1) is 0 Å². The zero-order chi connectivity index (χ0) is 9.23. The third-order valence-electron chi connectivity index (χ3n) is 1.84. The molecule has 2 heteroatoms. The Hall–Kier alpha value is -0.370. The lowest BCUT2D eigenvalue weighted by atomic mass is 10.2. The zero-order valence-corrected chi connectivity index (χ0v) is 8.36. The van der Waals surface area contributed by atoms with Gasteiger partial charge in [-0.05, 0) is 39.3 Å². The molecule has 0 fully saturated rings. The van der Waals surface area contributed by atoms with Gasteiger partial charge in [-0.15, -0.1) is 0 Å². The molecule has 0 heterocycles. The van der Waals surface area contributed by atoms with E-state index in [2.05, 4.69) is 12.2 Å². The van der Waals surface area contributed by atoms with E-state index in [0.717, 1.165) is 32.4 Å². The van der Waals surface area contributed by atoms with Gasteiger partial charge in [-0.3, -0.25) is 0 Å². The highest BCUT2D eigenvalue weighted by atomic mass is 16.1. The molecule has 0 aromatic carbocycles. The number of rotatable bonds is 8. The molecule has 0 radical (unpaired) electrons. The lowest BCUT2D eigenvalue weighted by molar-refractivity contribution is -0.117. The average molecular weight is 171 g/mol. The molecular formula is C10H21NO. The van der Waals surface area contributed by atoms with Crippen molar-refractivity contribution in [2.24, 2.45) is 0 Å². The summed E-state index contributed by atoms with van der Waals surface area (Å²) in [6.07, 6.45) is 5.42. The van der Waals surface area contributed by atoms with Crippen molar-refractivity contribution in [2.45, 2.75) is 46.0 Å². The molecule has 0 unspecified atom stereocenters. The summed E-state index contributed by atoms with van der Waals surface area (Å²) in [4.78, 5) is 10.6. The molecule has 0 aliphatic rings. The summed E-state index contributed by atoms with van der Waals surface area (Å²) in [5.41, 5.74) is 0. The summed E-state index contributed by atoms with van der Waals surface area (Å²) >= 11 is 0. The van der Waals surface area contributed by atoms with Gasteiger partial charge in [0.15, 0.2) is 0 Å². The minimum absolute atomic E-state index is 0.309. The average Bonchev–Trinajstić information content (AvgIpc) is 2.02. The first-order valence-corrected chi connectivity index (χ1v) is 4.97. The molecule has 0 saturated carbocycles. The number of carbonyl (C=O) groups is 1. The van der Waals surface area contributed by atoms with E-state index < -0.39 is 0 Å². The van der Waals surface area contributed by atoms with Crippen LogP contribution in [0.25, 0.3) is 0 Å². The summed E-state index contributed by atoms with van der Waals surface area (Å²) < 4.78 is 0. The van der Waals surface area contributed by atoms with Crippen molar-refractivity contribution < 1.29 is 4.79 Å². The molecule has 0 aromatic heterocycles. The highest BCUT2D eigenvalue weighted by molar-refractivity contribution is 5.75. The second kappa shape index (κ2) is 8.72. The molecule has 0 aliphatic carbocycles. The van der Waals surface area contributed by atoms with E-state index in [1.165, 1.54) is 12.8 Å². The second-order valence-corrected chi connectivity index (χ2v) is 3.26. The van der Waals surface area contributed by atoms with E-state index in [1.807, 2.05) is 0 Å². The maximum absolute atomic E-state index is 10.6. The topological polar surface area (TPSA) is 29.1 Å². The Kier molecular flexibility index (Phi) is 8.46. The van der Waals surface area contributed by atoms with Crippen LogP contribution in [0.1, 0.15) is 46.0 Å². The van der Waals surface area contributed by atoms with Gasteiger partial charge >= 0.3 is 0 Å². The van der Waals surface area contributed by atoms with Crippen LogP contribution in [-0.4, -0.2) is 18.9 Å². The molecule has 0 amide bonds. The van der Waals surface area contributed by atoms with Crippen molar-refractivity contribution in [3.63, 3.8) is 0 Å². The third-order valence-corrected chi connectivity index (χ3v) is 1.84. The monoisotopic (exact) mass is 171 g/mol. The van der Waals surface area contributed by atoms with E-state index in [1.54, 1.807) is 6.92 Å². The quantitative estimate of drug-likeness (QED) is 0.567. The number of ketones is 1. The first kappa shape index (κ1) is 11.6. The standard InChI is InChI=1S/C10H21NO/c1-3-4-8-11-9-6-5-7-10(2)12/h11H,3-9H2,1-2H3. The van der Waals surface area contributed by atoms with E-state index in [0.29, 0.717) is 5.78 Å². The van der Waals surface area contributed by atoms with Gasteiger partial charge in [0, 0.05) is 6.42 Å².